The quantitative estimate of drug-likeness (QED) is 0.330. The minimum atomic E-state index is -0.936. The van der Waals surface area contributed by atoms with Crippen LogP contribution in [0.3, 0.4) is 0 Å². The van der Waals surface area contributed by atoms with Gasteiger partial charge in [-0.1, -0.05) is 24.2 Å². The molecule has 0 saturated carbocycles. The number of hydrogen-bond acceptors (Lipinski definition) is 8. The van der Waals surface area contributed by atoms with Crippen molar-refractivity contribution in [3.05, 3.63) is 66.2 Å². The number of phenols is 1. The molecule has 2 aromatic carbocycles. The van der Waals surface area contributed by atoms with Crippen LogP contribution in [0, 0.1) is 11.6 Å². The maximum Gasteiger partial charge on any atom is 0.319 e. The molecular weight excluding hydrogens is 544 g/mol. The third kappa shape index (κ3) is 5.02. The van der Waals surface area contributed by atoms with Gasteiger partial charge in [0, 0.05) is 36.1 Å². The Morgan fingerprint density at radius 2 is 2.02 bits per heavy atom. The van der Waals surface area contributed by atoms with Gasteiger partial charge in [0.05, 0.1) is 17.1 Å². The fourth-order valence-electron chi connectivity index (χ4n) is 4.86. The minimum Gasteiger partial charge on any atom is -0.507 e. The second-order valence-corrected chi connectivity index (χ2v) is 9.87. The molecular formula is C27H26ClF2N7O3. The number of fused-ring (bicyclic) bond motifs is 1. The second-order valence-electron chi connectivity index (χ2n) is 9.46. The third-order valence-corrected chi connectivity index (χ3v) is 7.12. The number of carbonyl (C=O) groups excluding carboxylic acids is 1. The summed E-state index contributed by atoms with van der Waals surface area (Å²) in [5.74, 6) is -2.09. The van der Waals surface area contributed by atoms with Crippen molar-refractivity contribution in [3.63, 3.8) is 0 Å². The number of piperazine rings is 1. The van der Waals surface area contributed by atoms with Gasteiger partial charge in [-0.2, -0.15) is 15.1 Å². The van der Waals surface area contributed by atoms with Crippen LogP contribution in [0.1, 0.15) is 13.8 Å². The van der Waals surface area contributed by atoms with E-state index >= 15 is 4.39 Å². The average molecular weight is 570 g/mol. The Balaban J connectivity index is 1.63. The summed E-state index contributed by atoms with van der Waals surface area (Å²) in [4.78, 5) is 28.8. The highest BCUT2D eigenvalue weighted by Crippen LogP contribution is 2.43. The van der Waals surface area contributed by atoms with Crippen molar-refractivity contribution in [1.82, 2.24) is 29.6 Å². The summed E-state index contributed by atoms with van der Waals surface area (Å²) < 4.78 is 38.3. The van der Waals surface area contributed by atoms with Gasteiger partial charge in [0.2, 0.25) is 5.91 Å². The summed E-state index contributed by atoms with van der Waals surface area (Å²) in [5.41, 5.74) is -0.864. The fourth-order valence-corrected chi connectivity index (χ4v) is 5.14. The van der Waals surface area contributed by atoms with E-state index in [1.54, 1.807) is 9.58 Å². The Hall–Kier alpha value is -4.32. The lowest BCUT2D eigenvalue weighted by atomic mass is 10.0. The van der Waals surface area contributed by atoms with E-state index < -0.39 is 17.4 Å². The molecule has 4 aromatic rings. The first kappa shape index (κ1) is 27.3. The Bertz CT molecular complexity index is 1560. The van der Waals surface area contributed by atoms with Crippen LogP contribution in [0.15, 0.2) is 49.6 Å². The summed E-state index contributed by atoms with van der Waals surface area (Å²) in [6.07, 6.45) is 4.19. The van der Waals surface area contributed by atoms with Gasteiger partial charge < -0.3 is 19.6 Å². The van der Waals surface area contributed by atoms with Gasteiger partial charge in [-0.25, -0.2) is 18.4 Å². The van der Waals surface area contributed by atoms with E-state index in [2.05, 4.69) is 26.6 Å². The van der Waals surface area contributed by atoms with E-state index in [-0.39, 0.29) is 57.7 Å². The molecule has 1 fully saturated rings. The normalized spacial score (nSPS) is 17.3. The number of hydrogen-bond donors (Lipinski definition) is 1. The first-order valence-corrected chi connectivity index (χ1v) is 12.9. The Morgan fingerprint density at radius 3 is 2.73 bits per heavy atom. The lowest BCUT2D eigenvalue weighted by Gasteiger charge is -2.44. The summed E-state index contributed by atoms with van der Waals surface area (Å²) >= 11 is 6.52. The van der Waals surface area contributed by atoms with Gasteiger partial charge in [-0.15, -0.1) is 0 Å². The lowest BCUT2D eigenvalue weighted by molar-refractivity contribution is -0.128. The number of phenolic OH excluding ortho intramolecular Hbond substituents is 1. The molecule has 13 heteroatoms. The number of amides is 1. The zero-order valence-electron chi connectivity index (χ0n) is 21.8. The van der Waals surface area contributed by atoms with Crippen molar-refractivity contribution >= 4 is 34.2 Å². The molecule has 1 aliphatic heterocycles. The SMILES string of the molecule is C=CC(=O)N1C[C@H](C)N(c2nc(OCCn3cncn3)nc3c(F)c(-c4c(O)cccc4F)c(Cl)cc23)C[C@H]1C. The topological polar surface area (TPSA) is 110 Å². The van der Waals surface area contributed by atoms with Crippen LogP contribution in [0.5, 0.6) is 11.8 Å². The first-order valence-electron chi connectivity index (χ1n) is 12.5. The highest BCUT2D eigenvalue weighted by atomic mass is 35.5. The van der Waals surface area contributed by atoms with Gasteiger partial charge in [0.25, 0.3) is 0 Å². The number of halogens is 3. The number of aromatic nitrogens is 5. The summed E-state index contributed by atoms with van der Waals surface area (Å²) in [5, 5.41) is 14.5. The van der Waals surface area contributed by atoms with E-state index in [1.807, 2.05) is 18.7 Å². The van der Waals surface area contributed by atoms with Crippen LogP contribution in [0.25, 0.3) is 22.0 Å². The summed E-state index contributed by atoms with van der Waals surface area (Å²) in [6.45, 7) is 8.59. The molecule has 1 amide bonds. The molecule has 1 aliphatic rings. The number of nitrogens with zero attached hydrogens (tertiary/aromatic N) is 7. The number of aromatic hydroxyl groups is 1. The molecule has 0 spiro atoms. The van der Waals surface area contributed by atoms with Crippen LogP contribution >= 0.6 is 11.6 Å². The molecule has 0 unspecified atom stereocenters. The standard InChI is InChI=1S/C27H26ClF2N7O3/c1-4-21(39)36-11-16(3)37(12-15(36)2)26-17-10-18(28)22(23-19(29)6-5-7-20(23)38)24(30)25(17)33-27(34-26)40-9-8-35-14-31-13-32-35/h4-7,10,13-16,38H,1,8-9,11-12H2,2-3H3/t15-,16+/m1/s1. The molecule has 3 heterocycles. The highest BCUT2D eigenvalue weighted by molar-refractivity contribution is 6.34. The van der Waals surface area contributed by atoms with E-state index in [4.69, 9.17) is 16.3 Å². The summed E-state index contributed by atoms with van der Waals surface area (Å²) in [6, 6.07) is 4.56. The number of benzene rings is 2. The number of carbonyl (C=O) groups is 1. The van der Waals surface area contributed by atoms with Crippen molar-refractivity contribution < 1.29 is 23.4 Å². The van der Waals surface area contributed by atoms with E-state index in [0.717, 1.165) is 6.07 Å². The minimum absolute atomic E-state index is 0.109. The molecule has 0 aliphatic carbocycles. The van der Waals surface area contributed by atoms with Crippen LogP contribution in [-0.4, -0.2) is 72.4 Å². The third-order valence-electron chi connectivity index (χ3n) is 6.82. The van der Waals surface area contributed by atoms with Crippen molar-refractivity contribution in [2.75, 3.05) is 24.6 Å². The molecule has 1 saturated heterocycles. The number of anilines is 1. The van der Waals surface area contributed by atoms with Crippen LogP contribution in [0.2, 0.25) is 5.02 Å². The Kier molecular flexibility index (Phi) is 7.53. The predicted octanol–water partition coefficient (Wildman–Crippen LogP) is 4.22. The van der Waals surface area contributed by atoms with Gasteiger partial charge in [-0.05, 0) is 38.1 Å². The van der Waals surface area contributed by atoms with E-state index in [1.165, 1.54) is 36.9 Å². The molecule has 10 nitrogen and oxygen atoms in total. The zero-order chi connectivity index (χ0) is 28.6. The highest BCUT2D eigenvalue weighted by Gasteiger charge is 2.34. The van der Waals surface area contributed by atoms with E-state index in [9.17, 15) is 14.3 Å². The van der Waals surface area contributed by atoms with Gasteiger partial charge >= 0.3 is 6.01 Å². The Morgan fingerprint density at radius 1 is 1.23 bits per heavy atom. The largest absolute Gasteiger partial charge is 0.507 e. The van der Waals surface area contributed by atoms with Crippen LogP contribution in [-0.2, 0) is 11.3 Å². The van der Waals surface area contributed by atoms with Crippen molar-refractivity contribution in [2.45, 2.75) is 32.5 Å². The van der Waals surface area contributed by atoms with Crippen LogP contribution < -0.4 is 9.64 Å². The predicted molar refractivity (Wildman–Crippen MR) is 145 cm³/mol. The second kappa shape index (κ2) is 11.0. The first-order chi connectivity index (χ1) is 19.2. The van der Waals surface area contributed by atoms with Gasteiger partial charge in [-0.3, -0.25) is 4.79 Å². The molecule has 2 aromatic heterocycles. The molecule has 0 radical (unpaired) electrons. The molecule has 5 rings (SSSR count). The average Bonchev–Trinajstić information content (AvgIpc) is 3.44. The fraction of sp³-hybridized carbons (Fsp3) is 0.296. The lowest BCUT2D eigenvalue weighted by Crippen LogP contribution is -2.58. The van der Waals surface area contributed by atoms with E-state index in [0.29, 0.717) is 25.5 Å². The van der Waals surface area contributed by atoms with Crippen LogP contribution in [0.4, 0.5) is 14.6 Å². The Labute approximate surface area is 233 Å². The maximum absolute atomic E-state index is 16.2. The van der Waals surface area contributed by atoms with Gasteiger partial charge in [0.1, 0.15) is 42.2 Å². The molecule has 2 atom stereocenters. The molecule has 40 heavy (non-hydrogen) atoms. The maximum atomic E-state index is 16.2. The molecule has 0 bridgehead atoms. The van der Waals surface area contributed by atoms with Crippen molar-refractivity contribution in [2.24, 2.45) is 0 Å². The monoisotopic (exact) mass is 569 g/mol. The summed E-state index contributed by atoms with van der Waals surface area (Å²) in [7, 11) is 0. The zero-order valence-corrected chi connectivity index (χ0v) is 22.5. The van der Waals surface area contributed by atoms with Crippen molar-refractivity contribution in [3.8, 4) is 22.9 Å². The molecule has 1 N–H and O–H groups in total. The van der Waals surface area contributed by atoms with Crippen molar-refractivity contribution in [1.29, 1.82) is 0 Å². The molecule has 208 valence electrons. The van der Waals surface area contributed by atoms with Gasteiger partial charge in [0.15, 0.2) is 5.82 Å². The number of ether oxygens (including phenoxy) is 1. The number of rotatable bonds is 7. The smallest absolute Gasteiger partial charge is 0.319 e.